The van der Waals surface area contributed by atoms with E-state index in [2.05, 4.69) is 32.0 Å². The van der Waals surface area contributed by atoms with Crippen molar-refractivity contribution in [2.45, 2.75) is 40.0 Å². The third-order valence-electron chi connectivity index (χ3n) is 3.85. The Morgan fingerprint density at radius 1 is 0.850 bits per heavy atom. The molecule has 2 heteroatoms. The second-order valence-electron chi connectivity index (χ2n) is 5.01. The Morgan fingerprint density at radius 3 is 2.15 bits per heavy atom. The first-order valence-corrected chi connectivity index (χ1v) is 7.28. The van der Waals surface area contributed by atoms with E-state index < -0.39 is 0 Å². The maximum Gasteiger partial charge on any atom is 0.160 e. The molecule has 0 aliphatic heterocycles. The Balaban J connectivity index is 2.69. The average molecular weight is 270 g/mol. The van der Waals surface area contributed by atoms with Crippen molar-refractivity contribution in [1.29, 1.82) is 0 Å². The van der Waals surface area contributed by atoms with Gasteiger partial charge in [-0.25, -0.2) is 0 Å². The number of aromatic hydroxyl groups is 2. The SMILES string of the molecule is CCc1cccc(-c2cc(O)c(O)c(CC)c2CC)c1. The van der Waals surface area contributed by atoms with Gasteiger partial charge in [-0.3, -0.25) is 0 Å². The van der Waals surface area contributed by atoms with Crippen LogP contribution in [-0.4, -0.2) is 10.2 Å². The fourth-order valence-corrected chi connectivity index (χ4v) is 2.75. The lowest BCUT2D eigenvalue weighted by Gasteiger charge is -2.16. The standard InChI is InChI=1S/C18H22O2/c1-4-12-8-7-9-13(10-12)16-11-17(19)18(20)15(6-3)14(16)5-2/h7-11,19-20H,4-6H2,1-3H3. The van der Waals surface area contributed by atoms with Crippen LogP contribution in [-0.2, 0) is 19.3 Å². The van der Waals surface area contributed by atoms with Gasteiger partial charge in [0.15, 0.2) is 11.5 Å². The monoisotopic (exact) mass is 270 g/mol. The van der Waals surface area contributed by atoms with Crippen molar-refractivity contribution < 1.29 is 10.2 Å². The molecule has 2 aromatic carbocycles. The van der Waals surface area contributed by atoms with Gasteiger partial charge in [-0.1, -0.05) is 45.0 Å². The van der Waals surface area contributed by atoms with E-state index in [4.69, 9.17) is 0 Å². The molecule has 2 aromatic rings. The summed E-state index contributed by atoms with van der Waals surface area (Å²) in [5, 5.41) is 20.0. The number of aryl methyl sites for hydroxylation is 1. The Labute approximate surface area is 120 Å². The van der Waals surface area contributed by atoms with Crippen molar-refractivity contribution in [3.63, 3.8) is 0 Å². The van der Waals surface area contributed by atoms with Crippen molar-refractivity contribution in [1.82, 2.24) is 0 Å². The first kappa shape index (κ1) is 14.4. The molecule has 0 heterocycles. The summed E-state index contributed by atoms with van der Waals surface area (Å²) in [6, 6.07) is 10.1. The average Bonchev–Trinajstić information content (AvgIpc) is 2.49. The molecule has 0 aromatic heterocycles. The molecule has 2 N–H and O–H groups in total. The van der Waals surface area contributed by atoms with Gasteiger partial charge in [0.05, 0.1) is 0 Å². The molecule has 0 amide bonds. The molecule has 0 spiro atoms. The smallest absolute Gasteiger partial charge is 0.160 e. The molecule has 20 heavy (non-hydrogen) atoms. The third-order valence-corrected chi connectivity index (χ3v) is 3.85. The predicted molar refractivity (Wildman–Crippen MR) is 83.3 cm³/mol. The van der Waals surface area contributed by atoms with Gasteiger partial charge in [-0.05, 0) is 47.6 Å². The highest BCUT2D eigenvalue weighted by Crippen LogP contribution is 2.39. The van der Waals surface area contributed by atoms with Crippen LogP contribution in [0.3, 0.4) is 0 Å². The molecule has 0 atom stereocenters. The van der Waals surface area contributed by atoms with Crippen LogP contribution in [0.5, 0.6) is 11.5 Å². The van der Waals surface area contributed by atoms with Crippen LogP contribution in [0.25, 0.3) is 11.1 Å². The topological polar surface area (TPSA) is 40.5 Å². The van der Waals surface area contributed by atoms with Crippen LogP contribution in [0.15, 0.2) is 30.3 Å². The van der Waals surface area contributed by atoms with Gasteiger partial charge in [0.2, 0.25) is 0 Å². The first-order chi connectivity index (χ1) is 9.62. The lowest BCUT2D eigenvalue weighted by molar-refractivity contribution is 0.399. The predicted octanol–water partition coefficient (Wildman–Crippen LogP) is 4.45. The Bertz CT molecular complexity index is 615. The lowest BCUT2D eigenvalue weighted by Crippen LogP contribution is -1.97. The summed E-state index contributed by atoms with van der Waals surface area (Å²) in [6.07, 6.45) is 2.53. The van der Waals surface area contributed by atoms with Crippen LogP contribution < -0.4 is 0 Å². The van der Waals surface area contributed by atoms with E-state index >= 15 is 0 Å². The zero-order chi connectivity index (χ0) is 14.7. The number of phenolic OH excluding ortho intramolecular Hbond substituents is 2. The van der Waals surface area contributed by atoms with Crippen LogP contribution in [0.2, 0.25) is 0 Å². The van der Waals surface area contributed by atoms with E-state index in [0.717, 1.165) is 35.1 Å². The molecule has 2 rings (SSSR count). The van der Waals surface area contributed by atoms with Crippen LogP contribution in [0, 0.1) is 0 Å². The highest BCUT2D eigenvalue weighted by atomic mass is 16.3. The minimum absolute atomic E-state index is 0.0275. The van der Waals surface area contributed by atoms with Gasteiger partial charge in [0.25, 0.3) is 0 Å². The quantitative estimate of drug-likeness (QED) is 0.806. The Kier molecular flexibility index (Phi) is 4.33. The van der Waals surface area contributed by atoms with Crippen molar-refractivity contribution in [3.8, 4) is 22.6 Å². The van der Waals surface area contributed by atoms with Crippen molar-refractivity contribution >= 4 is 0 Å². The molecule has 106 valence electrons. The number of benzene rings is 2. The maximum atomic E-state index is 10.0. The molecule has 0 fully saturated rings. The summed E-state index contributed by atoms with van der Waals surface area (Å²) >= 11 is 0. The number of rotatable bonds is 4. The fourth-order valence-electron chi connectivity index (χ4n) is 2.75. The number of hydrogen-bond acceptors (Lipinski definition) is 2. The van der Waals surface area contributed by atoms with Gasteiger partial charge < -0.3 is 10.2 Å². The second-order valence-corrected chi connectivity index (χ2v) is 5.01. The second kappa shape index (κ2) is 6.00. The van der Waals surface area contributed by atoms with Gasteiger partial charge in [0, 0.05) is 5.56 Å². The summed E-state index contributed by atoms with van der Waals surface area (Å²) in [5.41, 5.74) is 5.37. The summed E-state index contributed by atoms with van der Waals surface area (Å²) in [5.74, 6) is -0.00398. The van der Waals surface area contributed by atoms with E-state index in [1.165, 1.54) is 5.56 Å². The Morgan fingerprint density at radius 2 is 1.55 bits per heavy atom. The summed E-state index contributed by atoms with van der Waals surface area (Å²) in [7, 11) is 0. The van der Waals surface area contributed by atoms with E-state index in [1.54, 1.807) is 6.07 Å². The van der Waals surface area contributed by atoms with E-state index in [1.807, 2.05) is 13.0 Å². The van der Waals surface area contributed by atoms with Crippen LogP contribution in [0.4, 0.5) is 0 Å². The number of phenols is 2. The van der Waals surface area contributed by atoms with Crippen molar-refractivity contribution in [2.24, 2.45) is 0 Å². The highest BCUT2D eigenvalue weighted by molar-refractivity contribution is 5.74. The zero-order valence-electron chi connectivity index (χ0n) is 12.4. The molecule has 0 saturated carbocycles. The van der Waals surface area contributed by atoms with E-state index in [9.17, 15) is 10.2 Å². The third kappa shape index (κ3) is 2.51. The van der Waals surface area contributed by atoms with E-state index in [-0.39, 0.29) is 11.5 Å². The summed E-state index contributed by atoms with van der Waals surface area (Å²) in [6.45, 7) is 6.21. The van der Waals surface area contributed by atoms with Crippen LogP contribution in [0.1, 0.15) is 37.5 Å². The molecule has 0 aliphatic rings. The molecule has 0 saturated heterocycles. The molecule has 0 aliphatic carbocycles. The van der Waals surface area contributed by atoms with Crippen molar-refractivity contribution in [2.75, 3.05) is 0 Å². The lowest BCUT2D eigenvalue weighted by atomic mass is 9.90. The van der Waals surface area contributed by atoms with Crippen LogP contribution >= 0.6 is 0 Å². The molecule has 0 unspecified atom stereocenters. The van der Waals surface area contributed by atoms with Gasteiger partial charge >= 0.3 is 0 Å². The van der Waals surface area contributed by atoms with Gasteiger partial charge in [0.1, 0.15) is 0 Å². The normalized spacial score (nSPS) is 10.8. The summed E-state index contributed by atoms with van der Waals surface area (Å²) in [4.78, 5) is 0. The maximum absolute atomic E-state index is 10.0. The largest absolute Gasteiger partial charge is 0.504 e. The van der Waals surface area contributed by atoms with Gasteiger partial charge in [-0.15, -0.1) is 0 Å². The number of hydrogen-bond donors (Lipinski definition) is 2. The van der Waals surface area contributed by atoms with E-state index in [0.29, 0.717) is 6.42 Å². The fraction of sp³-hybridized carbons (Fsp3) is 0.333. The first-order valence-electron chi connectivity index (χ1n) is 7.28. The highest BCUT2D eigenvalue weighted by Gasteiger charge is 2.16. The Hall–Kier alpha value is -1.96. The minimum Gasteiger partial charge on any atom is -0.504 e. The minimum atomic E-state index is -0.0315. The zero-order valence-corrected chi connectivity index (χ0v) is 12.4. The molecule has 0 radical (unpaired) electrons. The molecule has 0 bridgehead atoms. The molecular formula is C18H22O2. The van der Waals surface area contributed by atoms with Gasteiger partial charge in [-0.2, -0.15) is 0 Å². The molecule has 2 nitrogen and oxygen atoms in total. The van der Waals surface area contributed by atoms with Crippen molar-refractivity contribution in [3.05, 3.63) is 47.0 Å². The summed E-state index contributed by atoms with van der Waals surface area (Å²) < 4.78 is 0. The molecular weight excluding hydrogens is 248 g/mol.